The Hall–Kier alpha value is -2.21. The summed E-state index contributed by atoms with van der Waals surface area (Å²) in [6.45, 7) is 1.53. The van der Waals surface area contributed by atoms with Gasteiger partial charge in [0.1, 0.15) is 18.9 Å². The molecule has 4 rings (SSSR count). The number of carbonyl (C=O) groups is 1. The van der Waals surface area contributed by atoms with Crippen LogP contribution in [0.25, 0.3) is 0 Å². The first-order valence-electron chi connectivity index (χ1n) is 8.12. The first kappa shape index (κ1) is 15.3. The molecule has 1 fully saturated rings. The summed E-state index contributed by atoms with van der Waals surface area (Å²) in [6, 6.07) is 5.60. The minimum Gasteiger partial charge on any atom is -0.486 e. The number of nitrogens with zero attached hydrogens (tertiary/aromatic N) is 1. The topological polar surface area (TPSA) is 76.2 Å². The molecule has 2 heterocycles. The van der Waals surface area contributed by atoms with Gasteiger partial charge >= 0.3 is 0 Å². The maximum Gasteiger partial charge on any atom is 0.271 e. The second-order valence-electron chi connectivity index (χ2n) is 6.09. The van der Waals surface area contributed by atoms with E-state index in [1.165, 1.54) is 12.8 Å². The summed E-state index contributed by atoms with van der Waals surface area (Å²) in [6.07, 6.45) is 3.00. The fraction of sp³-hybridized carbons (Fsp3) is 0.412. The van der Waals surface area contributed by atoms with Crippen molar-refractivity contribution in [2.45, 2.75) is 25.2 Å². The first-order valence-corrected chi connectivity index (χ1v) is 8.50. The highest BCUT2D eigenvalue weighted by molar-refractivity contribution is 6.32. The molecule has 0 radical (unpaired) electrons. The van der Waals surface area contributed by atoms with Crippen LogP contribution in [0.3, 0.4) is 0 Å². The van der Waals surface area contributed by atoms with Crippen LogP contribution in [0, 0.1) is 0 Å². The van der Waals surface area contributed by atoms with Crippen molar-refractivity contribution in [1.29, 1.82) is 0 Å². The van der Waals surface area contributed by atoms with Crippen molar-refractivity contribution in [3.63, 3.8) is 0 Å². The maximum atomic E-state index is 12.1. The van der Waals surface area contributed by atoms with E-state index in [4.69, 9.17) is 21.1 Å². The highest BCUT2D eigenvalue weighted by Crippen LogP contribution is 2.39. The molecule has 0 spiro atoms. The number of aromatic nitrogens is 2. The van der Waals surface area contributed by atoms with Crippen LogP contribution >= 0.6 is 11.6 Å². The van der Waals surface area contributed by atoms with E-state index < -0.39 is 0 Å². The lowest BCUT2D eigenvalue weighted by atomic mass is 10.1. The Morgan fingerprint density at radius 3 is 2.96 bits per heavy atom. The molecule has 24 heavy (non-hydrogen) atoms. The molecule has 6 nitrogen and oxygen atoms in total. The Kier molecular flexibility index (Phi) is 4.06. The SMILES string of the molecule is O=C(NCCc1cc(Cl)c2c(c1)OCCO2)c1cc(C2CC2)[nH]n1. The summed E-state index contributed by atoms with van der Waals surface area (Å²) in [5.74, 6) is 1.65. The van der Waals surface area contributed by atoms with Gasteiger partial charge in [0.05, 0.1) is 5.02 Å². The maximum absolute atomic E-state index is 12.1. The van der Waals surface area contributed by atoms with E-state index in [9.17, 15) is 4.79 Å². The predicted octanol–water partition coefficient (Wildman–Crippen LogP) is 2.68. The van der Waals surface area contributed by atoms with Crippen LogP contribution in [-0.2, 0) is 6.42 Å². The Morgan fingerprint density at radius 2 is 2.12 bits per heavy atom. The lowest BCUT2D eigenvalue weighted by Gasteiger charge is -2.20. The number of benzene rings is 1. The Morgan fingerprint density at radius 1 is 1.29 bits per heavy atom. The van der Waals surface area contributed by atoms with Gasteiger partial charge in [-0.15, -0.1) is 0 Å². The quantitative estimate of drug-likeness (QED) is 0.871. The third kappa shape index (κ3) is 3.19. The van der Waals surface area contributed by atoms with Crippen molar-refractivity contribution in [3.8, 4) is 11.5 Å². The zero-order chi connectivity index (χ0) is 16.5. The summed E-state index contributed by atoms with van der Waals surface area (Å²) in [5, 5.41) is 10.4. The lowest BCUT2D eigenvalue weighted by Crippen LogP contribution is -2.26. The Labute approximate surface area is 144 Å². The summed E-state index contributed by atoms with van der Waals surface area (Å²) in [7, 11) is 0. The van der Waals surface area contributed by atoms with Crippen molar-refractivity contribution >= 4 is 17.5 Å². The lowest BCUT2D eigenvalue weighted by molar-refractivity contribution is 0.0949. The van der Waals surface area contributed by atoms with Crippen LogP contribution in [0.2, 0.25) is 5.02 Å². The fourth-order valence-corrected chi connectivity index (χ4v) is 3.06. The van der Waals surface area contributed by atoms with Crippen LogP contribution in [0.4, 0.5) is 0 Å². The summed E-state index contributed by atoms with van der Waals surface area (Å²) >= 11 is 6.22. The number of fused-ring (bicyclic) bond motifs is 1. The van der Waals surface area contributed by atoms with Gasteiger partial charge in [0.2, 0.25) is 0 Å². The van der Waals surface area contributed by atoms with Gasteiger partial charge in [0.25, 0.3) is 5.91 Å². The molecule has 0 atom stereocenters. The zero-order valence-corrected chi connectivity index (χ0v) is 13.9. The van der Waals surface area contributed by atoms with Gasteiger partial charge in [-0.3, -0.25) is 9.89 Å². The van der Waals surface area contributed by atoms with Crippen LogP contribution in [0.15, 0.2) is 18.2 Å². The second kappa shape index (κ2) is 6.36. The molecule has 1 aliphatic carbocycles. The minimum absolute atomic E-state index is 0.165. The van der Waals surface area contributed by atoms with Gasteiger partial charge < -0.3 is 14.8 Å². The van der Waals surface area contributed by atoms with E-state index >= 15 is 0 Å². The highest BCUT2D eigenvalue weighted by Gasteiger charge is 2.26. The molecule has 1 aromatic carbocycles. The zero-order valence-electron chi connectivity index (χ0n) is 13.1. The Balaban J connectivity index is 1.34. The number of rotatable bonds is 5. The van der Waals surface area contributed by atoms with Gasteiger partial charge in [0.15, 0.2) is 11.5 Å². The van der Waals surface area contributed by atoms with Crippen LogP contribution in [-0.4, -0.2) is 35.9 Å². The molecule has 126 valence electrons. The van der Waals surface area contributed by atoms with Crippen molar-refractivity contribution in [2.75, 3.05) is 19.8 Å². The molecule has 2 N–H and O–H groups in total. The highest BCUT2D eigenvalue weighted by atomic mass is 35.5. The first-order chi connectivity index (χ1) is 11.7. The average molecular weight is 348 g/mol. The van der Waals surface area contributed by atoms with Crippen molar-refractivity contribution in [2.24, 2.45) is 0 Å². The van der Waals surface area contributed by atoms with E-state index in [-0.39, 0.29) is 5.91 Å². The predicted molar refractivity (Wildman–Crippen MR) is 89.0 cm³/mol. The van der Waals surface area contributed by atoms with E-state index in [1.807, 2.05) is 18.2 Å². The molecule has 2 aromatic rings. The number of halogens is 1. The van der Waals surface area contributed by atoms with Gasteiger partial charge in [-0.1, -0.05) is 11.6 Å². The van der Waals surface area contributed by atoms with Crippen molar-refractivity contribution in [3.05, 3.63) is 40.2 Å². The number of ether oxygens (including phenoxy) is 2. The standard InChI is InChI=1S/C17H18ClN3O3/c18-12-7-10(8-15-16(12)24-6-5-23-15)3-4-19-17(22)14-9-13(20-21-14)11-1-2-11/h7-9,11H,1-6H2,(H,19,22)(H,20,21). The molecule has 1 aliphatic heterocycles. The summed E-state index contributed by atoms with van der Waals surface area (Å²) in [4.78, 5) is 12.1. The van der Waals surface area contributed by atoms with E-state index in [2.05, 4.69) is 15.5 Å². The fourth-order valence-electron chi connectivity index (χ4n) is 2.78. The largest absolute Gasteiger partial charge is 0.486 e. The summed E-state index contributed by atoms with van der Waals surface area (Å²) in [5.41, 5.74) is 2.49. The molecule has 0 saturated heterocycles. The number of carbonyl (C=O) groups excluding carboxylic acids is 1. The smallest absolute Gasteiger partial charge is 0.271 e. The van der Waals surface area contributed by atoms with Crippen molar-refractivity contribution in [1.82, 2.24) is 15.5 Å². The molecule has 7 heteroatoms. The summed E-state index contributed by atoms with van der Waals surface area (Å²) < 4.78 is 11.1. The Bertz CT molecular complexity index is 770. The number of aromatic amines is 1. The monoisotopic (exact) mass is 347 g/mol. The molecule has 1 saturated carbocycles. The van der Waals surface area contributed by atoms with Crippen LogP contribution < -0.4 is 14.8 Å². The number of H-pyrrole nitrogens is 1. The van der Waals surface area contributed by atoms with Crippen LogP contribution in [0.5, 0.6) is 11.5 Å². The molecule has 2 aliphatic rings. The van der Waals surface area contributed by atoms with E-state index in [0.29, 0.717) is 54.3 Å². The van der Waals surface area contributed by atoms with Gasteiger partial charge in [0, 0.05) is 18.2 Å². The number of hydrogen-bond donors (Lipinski definition) is 2. The third-order valence-corrected chi connectivity index (χ3v) is 4.48. The van der Waals surface area contributed by atoms with Gasteiger partial charge in [-0.05, 0) is 43.0 Å². The average Bonchev–Trinajstić information content (AvgIpc) is 3.32. The third-order valence-electron chi connectivity index (χ3n) is 4.20. The molecule has 0 unspecified atom stereocenters. The van der Waals surface area contributed by atoms with Crippen molar-refractivity contribution < 1.29 is 14.3 Å². The normalized spacial score (nSPS) is 16.0. The molecule has 1 amide bonds. The molecule has 1 aromatic heterocycles. The number of hydrogen-bond acceptors (Lipinski definition) is 4. The van der Waals surface area contributed by atoms with Gasteiger partial charge in [-0.25, -0.2) is 0 Å². The van der Waals surface area contributed by atoms with Crippen LogP contribution in [0.1, 0.15) is 40.5 Å². The number of amides is 1. The minimum atomic E-state index is -0.165. The van der Waals surface area contributed by atoms with Gasteiger partial charge in [-0.2, -0.15) is 5.10 Å². The molecular weight excluding hydrogens is 330 g/mol. The molecule has 0 bridgehead atoms. The number of nitrogens with one attached hydrogen (secondary N) is 2. The molecular formula is C17H18ClN3O3. The van der Waals surface area contributed by atoms with E-state index in [0.717, 1.165) is 11.3 Å². The van der Waals surface area contributed by atoms with E-state index in [1.54, 1.807) is 0 Å². The second-order valence-corrected chi connectivity index (χ2v) is 6.50.